The molecule has 1 saturated heterocycles. The van der Waals surface area contributed by atoms with Crippen molar-refractivity contribution in [2.75, 3.05) is 20.1 Å². The van der Waals surface area contributed by atoms with Crippen molar-refractivity contribution in [2.24, 2.45) is 4.99 Å². The summed E-state index contributed by atoms with van der Waals surface area (Å²) in [7, 11) is 2.12. The number of hydrogen-bond acceptors (Lipinski definition) is 5. The molecule has 0 bridgehead atoms. The summed E-state index contributed by atoms with van der Waals surface area (Å²) >= 11 is 0. The van der Waals surface area contributed by atoms with Crippen LogP contribution in [0.5, 0.6) is 0 Å². The zero-order valence-corrected chi connectivity index (χ0v) is 19.3. The quantitative estimate of drug-likeness (QED) is 0.459. The summed E-state index contributed by atoms with van der Waals surface area (Å²) in [4.78, 5) is 31.4. The molecule has 5 aliphatic rings. The van der Waals surface area contributed by atoms with Gasteiger partial charge >= 0.3 is 0 Å². The van der Waals surface area contributed by atoms with Gasteiger partial charge in [0.1, 0.15) is 24.1 Å². The van der Waals surface area contributed by atoms with Crippen molar-refractivity contribution in [3.05, 3.63) is 82.5 Å². The van der Waals surface area contributed by atoms with Gasteiger partial charge in [0.15, 0.2) is 5.70 Å². The Morgan fingerprint density at radius 1 is 1.12 bits per heavy atom. The van der Waals surface area contributed by atoms with Crippen molar-refractivity contribution in [3.8, 4) is 0 Å². The molecule has 3 N–H and O–H groups in total. The zero-order valence-electron chi connectivity index (χ0n) is 18.5. The minimum absolute atomic E-state index is 0. The molecule has 0 radical (unpaired) electrons. The summed E-state index contributed by atoms with van der Waals surface area (Å²) in [6.45, 7) is 3.36. The number of nitrogens with zero attached hydrogens (tertiary/aromatic N) is 3. The molecule has 0 aliphatic carbocycles. The fourth-order valence-electron chi connectivity index (χ4n) is 5.30. The fourth-order valence-corrected chi connectivity index (χ4v) is 5.30. The van der Waals surface area contributed by atoms with Gasteiger partial charge in [-0.05, 0) is 18.6 Å². The number of aliphatic imine (C=N–C) groups is 1. The molecule has 6 rings (SSSR count). The zero-order chi connectivity index (χ0) is 22.0. The number of amides is 2. The predicted octanol–water partition coefficient (Wildman–Crippen LogP) is 1.79. The maximum atomic E-state index is 12.9. The van der Waals surface area contributed by atoms with Crippen LogP contribution in [0.25, 0.3) is 0 Å². The Bertz CT molecular complexity index is 1200. The number of quaternary nitrogens is 1. The molecule has 3 unspecified atom stereocenters. The van der Waals surface area contributed by atoms with Crippen LogP contribution in [0, 0.1) is 0 Å². The Morgan fingerprint density at radius 3 is 2.61 bits per heavy atom. The van der Waals surface area contributed by atoms with Crippen LogP contribution in [0.1, 0.15) is 24.8 Å². The highest BCUT2D eigenvalue weighted by atomic mass is 35.5. The number of likely N-dealkylation sites (N-methyl/N-ethyl adjacent to an activating group) is 1. The number of nitrogens with one attached hydrogen (secondary N) is 3. The van der Waals surface area contributed by atoms with E-state index in [0.717, 1.165) is 41.0 Å². The fraction of sp³-hybridized carbons (Fsp3) is 0.292. The van der Waals surface area contributed by atoms with E-state index in [2.05, 4.69) is 46.1 Å². The van der Waals surface area contributed by atoms with Crippen molar-refractivity contribution in [2.45, 2.75) is 25.3 Å². The van der Waals surface area contributed by atoms with E-state index < -0.39 is 0 Å². The van der Waals surface area contributed by atoms with Crippen LogP contribution in [0.3, 0.4) is 0 Å². The average Bonchev–Trinajstić information content (AvgIpc) is 3.37. The molecule has 2 amide bonds. The molecule has 3 atom stereocenters. The van der Waals surface area contributed by atoms with Crippen LogP contribution in [0.15, 0.2) is 81.9 Å². The second-order valence-corrected chi connectivity index (χ2v) is 8.96. The van der Waals surface area contributed by atoms with Crippen molar-refractivity contribution < 1.29 is 14.1 Å². The van der Waals surface area contributed by atoms with Gasteiger partial charge in [-0.3, -0.25) is 9.59 Å². The van der Waals surface area contributed by atoms with Gasteiger partial charge in [0.05, 0.1) is 31.1 Å². The molecule has 1 fully saturated rings. The topological polar surface area (TPSA) is 85.8 Å². The van der Waals surface area contributed by atoms with Gasteiger partial charge < -0.3 is 20.9 Å². The summed E-state index contributed by atoms with van der Waals surface area (Å²) in [5, 5.41) is 9.39. The summed E-state index contributed by atoms with van der Waals surface area (Å²) in [5.41, 5.74) is 5.20. The summed E-state index contributed by atoms with van der Waals surface area (Å²) in [5.74, 6) is 1.78. The van der Waals surface area contributed by atoms with Crippen molar-refractivity contribution >= 4 is 30.4 Å². The van der Waals surface area contributed by atoms with Gasteiger partial charge in [-0.2, -0.15) is 0 Å². The standard InChI is InChI=1S/C24H24N6O2.ClH/c1-14-24(32)28-22-21(16(13-26-22)15-6-4-3-5-7-15)29(14)18-8-9-19(17-12-20(31)27-17)30(2)11-10-25-23(18)30;/h3-10,14,16,26H,11-13H2,1-2H3,(H-,27,28,31,32);1H/p+1. The molecule has 170 valence electrons. The Labute approximate surface area is 198 Å². The van der Waals surface area contributed by atoms with Crippen molar-refractivity contribution in [1.82, 2.24) is 20.9 Å². The number of hydrogen-bond donors (Lipinski definition) is 3. The highest BCUT2D eigenvalue weighted by molar-refractivity contribution is 5.88. The van der Waals surface area contributed by atoms with E-state index in [4.69, 9.17) is 4.99 Å². The van der Waals surface area contributed by atoms with Crippen LogP contribution in [-0.4, -0.2) is 53.6 Å². The maximum Gasteiger partial charge on any atom is 0.256 e. The van der Waals surface area contributed by atoms with E-state index in [1.165, 1.54) is 5.56 Å². The maximum absolute atomic E-state index is 12.9. The lowest BCUT2D eigenvalue weighted by Gasteiger charge is -2.42. The van der Waals surface area contributed by atoms with Crippen LogP contribution in [0.4, 0.5) is 0 Å². The smallest absolute Gasteiger partial charge is 0.256 e. The molecule has 5 heterocycles. The molecular formula is C24H26ClN6O2+. The largest absolute Gasteiger partial charge is 0.369 e. The first-order valence-corrected chi connectivity index (χ1v) is 10.9. The van der Waals surface area contributed by atoms with Crippen molar-refractivity contribution in [1.29, 1.82) is 0 Å². The molecule has 0 saturated carbocycles. The highest BCUT2D eigenvalue weighted by Crippen LogP contribution is 2.44. The van der Waals surface area contributed by atoms with Gasteiger partial charge in [0.2, 0.25) is 11.8 Å². The van der Waals surface area contributed by atoms with Crippen LogP contribution in [0.2, 0.25) is 0 Å². The number of fused-ring (bicyclic) bond motifs is 1. The Kier molecular flexibility index (Phi) is 4.95. The lowest BCUT2D eigenvalue weighted by molar-refractivity contribution is -0.819. The molecule has 5 aliphatic heterocycles. The number of halogens is 1. The number of β-lactam (4-membered cyclic amide) rings is 1. The van der Waals surface area contributed by atoms with Gasteiger partial charge in [0.25, 0.3) is 5.82 Å². The Morgan fingerprint density at radius 2 is 1.88 bits per heavy atom. The van der Waals surface area contributed by atoms with Gasteiger partial charge in [0, 0.05) is 18.5 Å². The third-order valence-corrected chi connectivity index (χ3v) is 7.03. The highest BCUT2D eigenvalue weighted by Gasteiger charge is 2.48. The molecule has 1 aromatic carbocycles. The molecule has 0 spiro atoms. The average molecular weight is 466 g/mol. The number of carbonyl (C=O) groups is 2. The summed E-state index contributed by atoms with van der Waals surface area (Å²) < 4.78 is 0.484. The first-order chi connectivity index (χ1) is 15.5. The predicted molar refractivity (Wildman–Crippen MR) is 126 cm³/mol. The first-order valence-electron chi connectivity index (χ1n) is 10.9. The second-order valence-electron chi connectivity index (χ2n) is 8.96. The monoisotopic (exact) mass is 465 g/mol. The summed E-state index contributed by atoms with van der Waals surface area (Å²) in [6, 6.07) is 9.99. The van der Waals surface area contributed by atoms with E-state index >= 15 is 0 Å². The van der Waals surface area contributed by atoms with Gasteiger partial charge in [-0.25, -0.2) is 9.48 Å². The third kappa shape index (κ3) is 3.05. The number of allylic oxidation sites excluding steroid dienone is 2. The van der Waals surface area contributed by atoms with Crippen LogP contribution in [-0.2, 0) is 9.59 Å². The Hall–Kier alpha value is -3.36. The third-order valence-electron chi connectivity index (χ3n) is 7.03. The lowest BCUT2D eigenvalue weighted by Crippen LogP contribution is -2.53. The van der Waals surface area contributed by atoms with E-state index in [-0.39, 0.29) is 36.2 Å². The number of benzene rings is 1. The number of carbonyl (C=O) groups excluding carboxylic acids is 2. The minimum Gasteiger partial charge on any atom is -0.369 e. The minimum atomic E-state index is -0.381. The van der Waals surface area contributed by atoms with Crippen molar-refractivity contribution in [3.63, 3.8) is 0 Å². The Balaban J connectivity index is 0.00000228. The van der Waals surface area contributed by atoms with E-state index in [1.54, 1.807) is 0 Å². The molecule has 0 aromatic heterocycles. The first kappa shape index (κ1) is 21.5. The number of rotatable bonds is 2. The van der Waals surface area contributed by atoms with Gasteiger partial charge in [-0.1, -0.05) is 30.3 Å². The molecule has 1 aromatic rings. The molecule has 9 heteroatoms. The van der Waals surface area contributed by atoms with E-state index in [0.29, 0.717) is 17.4 Å². The molecular weight excluding hydrogens is 440 g/mol. The molecule has 33 heavy (non-hydrogen) atoms. The normalized spacial score (nSPS) is 32.0. The van der Waals surface area contributed by atoms with Gasteiger partial charge in [-0.15, -0.1) is 12.4 Å². The van der Waals surface area contributed by atoms with Crippen LogP contribution < -0.4 is 16.0 Å². The second kappa shape index (κ2) is 7.60. The SMILES string of the molecule is CC1C(=O)NC2=C(C(c3ccccc3)CN2)N1C1=C2N=CC[N+]2(C)C(=C2CC(=O)N2)C=C1.Cl. The van der Waals surface area contributed by atoms with E-state index in [1.807, 2.05) is 37.4 Å². The lowest BCUT2D eigenvalue weighted by atomic mass is 9.94. The molecule has 8 nitrogen and oxygen atoms in total. The summed E-state index contributed by atoms with van der Waals surface area (Å²) in [6.07, 6.45) is 6.47. The van der Waals surface area contributed by atoms with Crippen LogP contribution >= 0.6 is 12.4 Å². The van der Waals surface area contributed by atoms with E-state index in [9.17, 15) is 9.59 Å².